The van der Waals surface area contributed by atoms with E-state index in [1.54, 1.807) is 6.92 Å². The van der Waals surface area contributed by atoms with E-state index in [-0.39, 0.29) is 12.6 Å². The van der Waals surface area contributed by atoms with Gasteiger partial charge in [-0.25, -0.2) is 4.79 Å². The highest BCUT2D eigenvalue weighted by Crippen LogP contribution is 2.10. The van der Waals surface area contributed by atoms with Crippen molar-refractivity contribution in [1.29, 1.82) is 0 Å². The molecule has 1 rings (SSSR count). The van der Waals surface area contributed by atoms with Crippen LogP contribution in [0.5, 0.6) is 0 Å². The molecule has 1 amide bonds. The summed E-state index contributed by atoms with van der Waals surface area (Å²) in [5, 5.41) is 2.34. The number of hydrogen-bond donors (Lipinski definition) is 1. The highest BCUT2D eigenvalue weighted by atomic mass is 16.6. The van der Waals surface area contributed by atoms with Gasteiger partial charge in [0.05, 0.1) is 19.8 Å². The number of nitrogens with one attached hydrogen (secondary N) is 1. The van der Waals surface area contributed by atoms with Gasteiger partial charge in [-0.2, -0.15) is 0 Å². The lowest BCUT2D eigenvalue weighted by Crippen LogP contribution is -2.35. The van der Waals surface area contributed by atoms with Gasteiger partial charge < -0.3 is 19.5 Å². The Hall–Kier alpha value is -1.30. The van der Waals surface area contributed by atoms with Crippen LogP contribution in [0.15, 0.2) is 0 Å². The molecule has 0 aromatic carbocycles. The van der Waals surface area contributed by atoms with E-state index in [1.807, 2.05) is 0 Å². The number of ether oxygens (including phenoxy) is 3. The Morgan fingerprint density at radius 2 is 2.06 bits per heavy atom. The summed E-state index contributed by atoms with van der Waals surface area (Å²) in [6.45, 7) is 3.06. The molecule has 1 fully saturated rings. The second kappa shape index (κ2) is 7.05. The average Bonchev–Trinajstić information content (AvgIpc) is 2.28. The van der Waals surface area contributed by atoms with Gasteiger partial charge in [-0.3, -0.25) is 4.79 Å². The van der Waals surface area contributed by atoms with E-state index >= 15 is 0 Å². The number of amides is 1. The van der Waals surface area contributed by atoms with Crippen molar-refractivity contribution in [2.75, 3.05) is 26.4 Å². The largest absolute Gasteiger partial charge is 0.465 e. The van der Waals surface area contributed by atoms with E-state index in [0.29, 0.717) is 32.7 Å². The molecule has 1 heterocycles. The molecule has 6 nitrogen and oxygen atoms in total. The van der Waals surface area contributed by atoms with Crippen LogP contribution in [-0.2, 0) is 19.0 Å². The molecule has 1 aliphatic rings. The van der Waals surface area contributed by atoms with Crippen molar-refractivity contribution in [3.8, 4) is 0 Å². The van der Waals surface area contributed by atoms with Crippen LogP contribution in [-0.4, -0.2) is 44.5 Å². The summed E-state index contributed by atoms with van der Waals surface area (Å²) in [5.41, 5.74) is 0. The predicted octanol–water partition coefficient (Wildman–Crippen LogP) is 0.455. The van der Waals surface area contributed by atoms with Crippen LogP contribution in [0.4, 0.5) is 4.79 Å². The van der Waals surface area contributed by atoms with Crippen molar-refractivity contribution in [2.45, 2.75) is 25.9 Å². The Balaban J connectivity index is 2.12. The van der Waals surface area contributed by atoms with Gasteiger partial charge in [0.1, 0.15) is 12.6 Å². The topological polar surface area (TPSA) is 73.9 Å². The Bertz CT molecular complexity index is 237. The summed E-state index contributed by atoms with van der Waals surface area (Å²) in [6.07, 6.45) is 0.704. The molecule has 0 atom stereocenters. The molecule has 0 aromatic heterocycles. The maximum atomic E-state index is 11.2. The molecule has 0 aromatic rings. The van der Waals surface area contributed by atoms with Crippen LogP contribution in [0, 0.1) is 0 Å². The zero-order valence-electron chi connectivity index (χ0n) is 9.36. The molecular formula is C10H17NO5. The lowest BCUT2D eigenvalue weighted by Gasteiger charge is -2.22. The number of alkyl carbamates (subject to hydrolysis) is 1. The van der Waals surface area contributed by atoms with Crippen LogP contribution in [0.3, 0.4) is 0 Å². The zero-order valence-corrected chi connectivity index (χ0v) is 9.36. The lowest BCUT2D eigenvalue weighted by molar-refractivity contribution is -0.141. The number of carbonyl (C=O) groups excluding carboxylic acids is 2. The summed E-state index contributed by atoms with van der Waals surface area (Å²) >= 11 is 0. The fourth-order valence-electron chi connectivity index (χ4n) is 1.34. The average molecular weight is 231 g/mol. The first kappa shape index (κ1) is 12.8. The molecule has 0 bridgehead atoms. The van der Waals surface area contributed by atoms with Crippen molar-refractivity contribution in [3.05, 3.63) is 0 Å². The van der Waals surface area contributed by atoms with Crippen molar-refractivity contribution in [2.24, 2.45) is 0 Å². The highest BCUT2D eigenvalue weighted by Gasteiger charge is 2.18. The Labute approximate surface area is 94.2 Å². The van der Waals surface area contributed by atoms with E-state index in [4.69, 9.17) is 9.47 Å². The Morgan fingerprint density at radius 1 is 1.38 bits per heavy atom. The Morgan fingerprint density at radius 3 is 2.69 bits per heavy atom. The standard InChI is InChI=1S/C10H17NO5/c1-2-15-9(12)7-11-10(13)16-8-3-5-14-6-4-8/h8H,2-7H2,1H3,(H,11,13). The first-order chi connectivity index (χ1) is 7.72. The van der Waals surface area contributed by atoms with E-state index in [9.17, 15) is 9.59 Å². The molecule has 1 N–H and O–H groups in total. The third-order valence-corrected chi connectivity index (χ3v) is 2.12. The quantitative estimate of drug-likeness (QED) is 0.711. The normalized spacial score (nSPS) is 16.6. The smallest absolute Gasteiger partial charge is 0.407 e. The van der Waals surface area contributed by atoms with Crippen LogP contribution in [0.2, 0.25) is 0 Å². The second-order valence-corrected chi connectivity index (χ2v) is 3.38. The molecular weight excluding hydrogens is 214 g/mol. The summed E-state index contributed by atoms with van der Waals surface area (Å²) in [4.78, 5) is 22.2. The van der Waals surface area contributed by atoms with Gasteiger partial charge >= 0.3 is 12.1 Å². The molecule has 0 unspecified atom stereocenters. The molecule has 0 aliphatic carbocycles. The molecule has 1 saturated heterocycles. The first-order valence-electron chi connectivity index (χ1n) is 5.40. The van der Waals surface area contributed by atoms with Crippen LogP contribution >= 0.6 is 0 Å². The third kappa shape index (κ3) is 4.97. The Kier molecular flexibility index (Phi) is 5.63. The van der Waals surface area contributed by atoms with Gasteiger partial charge in [-0.1, -0.05) is 0 Å². The number of carbonyl (C=O) groups is 2. The molecule has 0 radical (unpaired) electrons. The van der Waals surface area contributed by atoms with E-state index in [2.05, 4.69) is 10.1 Å². The van der Waals surface area contributed by atoms with Gasteiger partial charge in [0.15, 0.2) is 0 Å². The van der Waals surface area contributed by atoms with E-state index < -0.39 is 12.1 Å². The molecule has 92 valence electrons. The van der Waals surface area contributed by atoms with Crippen molar-refractivity contribution in [1.82, 2.24) is 5.32 Å². The molecule has 0 saturated carbocycles. The SMILES string of the molecule is CCOC(=O)CNC(=O)OC1CCOCC1. The lowest BCUT2D eigenvalue weighted by atomic mass is 10.2. The zero-order chi connectivity index (χ0) is 11.8. The van der Waals surface area contributed by atoms with E-state index in [0.717, 1.165) is 0 Å². The maximum absolute atomic E-state index is 11.2. The van der Waals surface area contributed by atoms with Crippen molar-refractivity contribution >= 4 is 12.1 Å². The second-order valence-electron chi connectivity index (χ2n) is 3.38. The summed E-state index contributed by atoms with van der Waals surface area (Å²) in [6, 6.07) is 0. The van der Waals surface area contributed by atoms with Crippen molar-refractivity contribution < 1.29 is 23.8 Å². The van der Waals surface area contributed by atoms with Gasteiger partial charge in [0, 0.05) is 12.8 Å². The summed E-state index contributed by atoms with van der Waals surface area (Å²) < 4.78 is 14.9. The minimum atomic E-state index is -0.583. The van der Waals surface area contributed by atoms with Gasteiger partial charge in [0.2, 0.25) is 0 Å². The minimum absolute atomic E-state index is 0.115. The minimum Gasteiger partial charge on any atom is -0.465 e. The highest BCUT2D eigenvalue weighted by molar-refractivity contribution is 5.77. The fourth-order valence-corrected chi connectivity index (χ4v) is 1.34. The molecule has 1 aliphatic heterocycles. The summed E-state index contributed by atoms with van der Waals surface area (Å²) in [5.74, 6) is -0.466. The predicted molar refractivity (Wildman–Crippen MR) is 55.0 cm³/mol. The van der Waals surface area contributed by atoms with Crippen LogP contribution < -0.4 is 5.32 Å². The van der Waals surface area contributed by atoms with Gasteiger partial charge in [-0.05, 0) is 6.92 Å². The van der Waals surface area contributed by atoms with Crippen LogP contribution in [0.1, 0.15) is 19.8 Å². The first-order valence-corrected chi connectivity index (χ1v) is 5.40. The van der Waals surface area contributed by atoms with E-state index in [1.165, 1.54) is 0 Å². The van der Waals surface area contributed by atoms with Crippen LogP contribution in [0.25, 0.3) is 0 Å². The molecule has 16 heavy (non-hydrogen) atoms. The molecule has 0 spiro atoms. The fraction of sp³-hybridized carbons (Fsp3) is 0.800. The monoisotopic (exact) mass is 231 g/mol. The number of esters is 1. The maximum Gasteiger partial charge on any atom is 0.407 e. The summed E-state index contributed by atoms with van der Waals surface area (Å²) in [7, 11) is 0. The number of hydrogen-bond acceptors (Lipinski definition) is 5. The van der Waals surface area contributed by atoms with Gasteiger partial charge in [-0.15, -0.1) is 0 Å². The number of rotatable bonds is 4. The van der Waals surface area contributed by atoms with Crippen molar-refractivity contribution in [3.63, 3.8) is 0 Å². The van der Waals surface area contributed by atoms with Gasteiger partial charge in [0.25, 0.3) is 0 Å². The third-order valence-electron chi connectivity index (χ3n) is 2.12. The molecule has 6 heteroatoms.